The third-order valence-corrected chi connectivity index (χ3v) is 2.31. The molecule has 0 saturated heterocycles. The van der Waals surface area contributed by atoms with Gasteiger partial charge in [-0.05, 0) is 5.41 Å². The summed E-state index contributed by atoms with van der Waals surface area (Å²) in [5.41, 5.74) is 5.67. The first-order valence-electron chi connectivity index (χ1n) is 4.86. The van der Waals surface area contributed by atoms with Crippen LogP contribution in [0.1, 0.15) is 27.2 Å². The van der Waals surface area contributed by atoms with Crippen molar-refractivity contribution in [1.82, 2.24) is 4.90 Å². The van der Waals surface area contributed by atoms with Crippen molar-refractivity contribution in [2.24, 2.45) is 11.1 Å². The van der Waals surface area contributed by atoms with Crippen molar-refractivity contribution in [3.05, 3.63) is 0 Å². The van der Waals surface area contributed by atoms with Crippen molar-refractivity contribution in [3.63, 3.8) is 0 Å². The number of nitrogens with zero attached hydrogens (tertiary/aromatic N) is 1. The summed E-state index contributed by atoms with van der Waals surface area (Å²) in [5.74, 6) is -1.25. The topological polar surface area (TPSA) is 83.6 Å². The van der Waals surface area contributed by atoms with E-state index in [-0.39, 0.29) is 30.3 Å². The molecule has 0 aromatic rings. The summed E-state index contributed by atoms with van der Waals surface area (Å²) in [4.78, 5) is 23.1. The number of likely N-dealkylation sites (N-methyl/N-ethyl adjacent to an activating group) is 1. The van der Waals surface area contributed by atoms with Gasteiger partial charge in [0.25, 0.3) is 0 Å². The molecule has 0 aromatic heterocycles. The van der Waals surface area contributed by atoms with Crippen molar-refractivity contribution in [2.45, 2.75) is 33.2 Å². The van der Waals surface area contributed by atoms with Gasteiger partial charge in [-0.15, -0.1) is 0 Å². The summed E-state index contributed by atoms with van der Waals surface area (Å²) < 4.78 is 0. The lowest BCUT2D eigenvalue weighted by atomic mass is 9.85. The largest absolute Gasteiger partial charge is 0.480 e. The summed E-state index contributed by atoms with van der Waals surface area (Å²) >= 11 is 0. The maximum Gasteiger partial charge on any atom is 0.323 e. The first-order valence-corrected chi connectivity index (χ1v) is 4.86. The second-order valence-electron chi connectivity index (χ2n) is 4.82. The molecule has 0 saturated carbocycles. The third-order valence-electron chi connectivity index (χ3n) is 2.31. The van der Waals surface area contributed by atoms with Crippen molar-refractivity contribution in [1.29, 1.82) is 0 Å². The highest BCUT2D eigenvalue weighted by Gasteiger charge is 2.24. The van der Waals surface area contributed by atoms with Crippen LogP contribution in [0.3, 0.4) is 0 Å². The molecule has 0 bridgehead atoms. The van der Waals surface area contributed by atoms with Crippen LogP contribution >= 0.6 is 0 Å². The van der Waals surface area contributed by atoms with Gasteiger partial charge in [0.05, 0.1) is 0 Å². The van der Waals surface area contributed by atoms with Crippen LogP contribution in [0.15, 0.2) is 0 Å². The van der Waals surface area contributed by atoms with Gasteiger partial charge < -0.3 is 15.7 Å². The van der Waals surface area contributed by atoms with E-state index in [0.717, 1.165) is 0 Å². The Morgan fingerprint density at radius 3 is 2.20 bits per heavy atom. The maximum atomic E-state index is 11.5. The summed E-state index contributed by atoms with van der Waals surface area (Å²) in [6.07, 6.45) is 0.174. The lowest BCUT2D eigenvalue weighted by molar-refractivity contribution is -0.143. The monoisotopic (exact) mass is 216 g/mol. The van der Waals surface area contributed by atoms with E-state index in [1.807, 2.05) is 20.8 Å². The molecular formula is C10H20N2O3. The number of nitrogens with two attached hydrogens (primary N) is 1. The van der Waals surface area contributed by atoms with Crippen LogP contribution < -0.4 is 5.73 Å². The molecule has 5 heteroatoms. The Bertz CT molecular complexity index is 246. The van der Waals surface area contributed by atoms with Crippen LogP contribution in [0.5, 0.6) is 0 Å². The van der Waals surface area contributed by atoms with Gasteiger partial charge in [0.1, 0.15) is 6.54 Å². The molecule has 88 valence electrons. The molecule has 0 aliphatic heterocycles. The second kappa shape index (κ2) is 5.11. The van der Waals surface area contributed by atoms with Gasteiger partial charge in [-0.25, -0.2) is 0 Å². The lowest BCUT2D eigenvalue weighted by Gasteiger charge is -2.27. The molecule has 1 atom stereocenters. The Hall–Kier alpha value is -1.10. The first kappa shape index (κ1) is 13.9. The molecule has 0 fully saturated rings. The molecule has 0 aromatic carbocycles. The quantitative estimate of drug-likeness (QED) is 0.707. The minimum Gasteiger partial charge on any atom is -0.480 e. The van der Waals surface area contributed by atoms with Gasteiger partial charge >= 0.3 is 5.97 Å². The Balaban J connectivity index is 4.19. The molecule has 1 amide bonds. The van der Waals surface area contributed by atoms with Crippen molar-refractivity contribution in [3.8, 4) is 0 Å². The number of aliphatic carboxylic acids is 1. The van der Waals surface area contributed by atoms with E-state index >= 15 is 0 Å². The Morgan fingerprint density at radius 1 is 1.40 bits per heavy atom. The summed E-state index contributed by atoms with van der Waals surface area (Å²) in [6.45, 7) is 5.56. The number of amides is 1. The third kappa shape index (κ3) is 5.37. The van der Waals surface area contributed by atoms with Crippen LogP contribution in [0, 0.1) is 5.41 Å². The number of hydrogen-bond donors (Lipinski definition) is 2. The predicted octanol–water partition coefficient (Wildman–Crippen LogP) is 0.293. The highest BCUT2D eigenvalue weighted by molar-refractivity contribution is 5.81. The summed E-state index contributed by atoms with van der Waals surface area (Å²) in [6, 6.07) is -0.263. The van der Waals surface area contributed by atoms with E-state index in [4.69, 9.17) is 10.8 Å². The zero-order valence-corrected chi connectivity index (χ0v) is 9.78. The number of carbonyl (C=O) groups is 2. The molecule has 5 nitrogen and oxygen atoms in total. The number of carboxylic acid groups (broad SMARTS) is 1. The van der Waals surface area contributed by atoms with Crippen LogP contribution in [0.2, 0.25) is 0 Å². The second-order valence-corrected chi connectivity index (χ2v) is 4.82. The van der Waals surface area contributed by atoms with E-state index in [9.17, 15) is 9.59 Å². The molecule has 0 aliphatic rings. The Morgan fingerprint density at radius 2 is 1.87 bits per heavy atom. The number of rotatable bonds is 4. The van der Waals surface area contributed by atoms with Gasteiger partial charge in [0, 0.05) is 19.5 Å². The van der Waals surface area contributed by atoms with Gasteiger partial charge in [0.2, 0.25) is 5.91 Å². The minimum atomic E-state index is -1.02. The summed E-state index contributed by atoms with van der Waals surface area (Å²) in [5, 5.41) is 8.50. The standard InChI is InChI=1S/C10H20N2O3/c1-10(2,3)7(11)5-8(13)12(4)6-9(14)15/h7H,5-6,11H2,1-4H3,(H,14,15). The zero-order valence-electron chi connectivity index (χ0n) is 9.78. The lowest BCUT2D eigenvalue weighted by Crippen LogP contribution is -2.41. The molecule has 0 spiro atoms. The van der Waals surface area contributed by atoms with Crippen LogP contribution in [0.25, 0.3) is 0 Å². The molecule has 3 N–H and O–H groups in total. The summed E-state index contributed by atoms with van der Waals surface area (Å²) in [7, 11) is 1.46. The van der Waals surface area contributed by atoms with Gasteiger partial charge in [-0.3, -0.25) is 9.59 Å². The van der Waals surface area contributed by atoms with Crippen LogP contribution in [0.4, 0.5) is 0 Å². The fourth-order valence-corrected chi connectivity index (χ4v) is 0.941. The fourth-order valence-electron chi connectivity index (χ4n) is 0.941. The van der Waals surface area contributed by atoms with E-state index in [2.05, 4.69) is 0 Å². The number of carbonyl (C=O) groups excluding carboxylic acids is 1. The van der Waals surface area contributed by atoms with Gasteiger partial charge in [-0.1, -0.05) is 20.8 Å². The maximum absolute atomic E-state index is 11.5. The van der Waals surface area contributed by atoms with Crippen molar-refractivity contribution < 1.29 is 14.7 Å². The zero-order chi connectivity index (χ0) is 12.2. The van der Waals surface area contributed by atoms with E-state index in [1.165, 1.54) is 11.9 Å². The SMILES string of the molecule is CN(CC(=O)O)C(=O)CC(N)C(C)(C)C. The average Bonchev–Trinajstić information content (AvgIpc) is 2.00. The molecule has 0 radical (unpaired) electrons. The predicted molar refractivity (Wildman–Crippen MR) is 57.3 cm³/mol. The normalized spacial score (nSPS) is 13.4. The van der Waals surface area contributed by atoms with E-state index in [1.54, 1.807) is 0 Å². The average molecular weight is 216 g/mol. The molecular weight excluding hydrogens is 196 g/mol. The van der Waals surface area contributed by atoms with E-state index < -0.39 is 5.97 Å². The number of hydrogen-bond acceptors (Lipinski definition) is 3. The molecule has 15 heavy (non-hydrogen) atoms. The molecule has 1 unspecified atom stereocenters. The Labute approximate surface area is 90.2 Å². The Kier molecular flexibility index (Phi) is 4.74. The highest BCUT2D eigenvalue weighted by Crippen LogP contribution is 2.20. The fraction of sp³-hybridized carbons (Fsp3) is 0.800. The molecule has 0 heterocycles. The van der Waals surface area contributed by atoms with E-state index in [0.29, 0.717) is 0 Å². The highest BCUT2D eigenvalue weighted by atomic mass is 16.4. The van der Waals surface area contributed by atoms with Gasteiger partial charge in [-0.2, -0.15) is 0 Å². The molecule has 0 rings (SSSR count). The molecule has 0 aliphatic carbocycles. The van der Waals surface area contributed by atoms with Crippen LogP contribution in [-0.4, -0.2) is 41.5 Å². The van der Waals surface area contributed by atoms with Crippen molar-refractivity contribution >= 4 is 11.9 Å². The van der Waals surface area contributed by atoms with Gasteiger partial charge in [0.15, 0.2) is 0 Å². The number of carboxylic acids is 1. The first-order chi connectivity index (χ1) is 6.64. The minimum absolute atomic E-state index is 0.153. The smallest absolute Gasteiger partial charge is 0.323 e. The van der Waals surface area contributed by atoms with Crippen molar-refractivity contribution in [2.75, 3.05) is 13.6 Å². The van der Waals surface area contributed by atoms with Crippen LogP contribution in [-0.2, 0) is 9.59 Å².